The number of hydrogen-bond acceptors (Lipinski definition) is 6. The number of rotatable bonds is 5. The summed E-state index contributed by atoms with van der Waals surface area (Å²) >= 11 is 0. The smallest absolute Gasteiger partial charge is 0.270 e. The van der Waals surface area contributed by atoms with Crippen LogP contribution < -0.4 is 5.32 Å². The zero-order valence-electron chi connectivity index (χ0n) is 11.7. The van der Waals surface area contributed by atoms with Crippen LogP contribution in [0.5, 0.6) is 0 Å². The average molecular weight is 286 g/mol. The van der Waals surface area contributed by atoms with E-state index in [1.165, 1.54) is 12.1 Å². The minimum absolute atomic E-state index is 0.0320. The van der Waals surface area contributed by atoms with Crippen molar-refractivity contribution in [3.63, 3.8) is 0 Å². The van der Waals surface area contributed by atoms with E-state index in [4.69, 9.17) is 4.74 Å². The third-order valence-electron chi connectivity index (χ3n) is 2.93. The van der Waals surface area contributed by atoms with Gasteiger partial charge in [0, 0.05) is 30.7 Å². The van der Waals surface area contributed by atoms with E-state index in [0.717, 1.165) is 0 Å². The molecule has 0 radical (unpaired) electrons. The van der Waals surface area contributed by atoms with Crippen molar-refractivity contribution < 1.29 is 9.66 Å². The summed E-state index contributed by atoms with van der Waals surface area (Å²) in [5, 5.41) is 23.6. The topological polar surface area (TPSA) is 101 Å². The molecule has 1 N–H and O–H groups in total. The van der Waals surface area contributed by atoms with E-state index in [-0.39, 0.29) is 11.7 Å². The molecule has 108 valence electrons. The fraction of sp³-hybridized carbons (Fsp3) is 0.286. The summed E-state index contributed by atoms with van der Waals surface area (Å²) in [6.07, 6.45) is 0. The second-order valence-corrected chi connectivity index (χ2v) is 4.63. The van der Waals surface area contributed by atoms with Gasteiger partial charge in [0.1, 0.15) is 5.82 Å². The highest BCUT2D eigenvalue weighted by Crippen LogP contribution is 2.25. The van der Waals surface area contributed by atoms with E-state index in [1.807, 2.05) is 13.0 Å². The second-order valence-electron chi connectivity index (χ2n) is 4.63. The number of nitrogens with one attached hydrogen (secondary N) is 1. The van der Waals surface area contributed by atoms with Gasteiger partial charge in [0.15, 0.2) is 0 Å². The van der Waals surface area contributed by atoms with Gasteiger partial charge in [-0.3, -0.25) is 10.1 Å². The van der Waals surface area contributed by atoms with Gasteiger partial charge in [-0.2, -0.15) is 5.26 Å². The number of hydrogen-bond donors (Lipinski definition) is 1. The van der Waals surface area contributed by atoms with Gasteiger partial charge in [-0.1, -0.05) is 0 Å². The lowest BCUT2D eigenvalue weighted by atomic mass is 10.1. The summed E-state index contributed by atoms with van der Waals surface area (Å²) in [4.78, 5) is 14.7. The maximum absolute atomic E-state index is 10.8. The minimum Gasteiger partial charge on any atom is -0.383 e. The molecule has 1 aromatic heterocycles. The largest absolute Gasteiger partial charge is 0.383 e. The van der Waals surface area contributed by atoms with Crippen LogP contribution in [0.2, 0.25) is 0 Å². The van der Waals surface area contributed by atoms with Crippen molar-refractivity contribution in [2.24, 2.45) is 0 Å². The Morgan fingerprint density at radius 2 is 2.29 bits per heavy atom. The van der Waals surface area contributed by atoms with Crippen LogP contribution in [-0.4, -0.2) is 29.7 Å². The molecule has 0 fully saturated rings. The van der Waals surface area contributed by atoms with Crippen LogP contribution in [0.3, 0.4) is 0 Å². The number of nitro benzene ring substituents is 1. The molecule has 7 nitrogen and oxygen atoms in total. The van der Waals surface area contributed by atoms with Crippen molar-refractivity contribution in [3.05, 3.63) is 39.9 Å². The number of ether oxygens (including phenoxy) is 1. The summed E-state index contributed by atoms with van der Waals surface area (Å²) in [5.74, 6) is 0.539. The molecule has 0 saturated heterocycles. The molecule has 1 heterocycles. The van der Waals surface area contributed by atoms with E-state index in [0.29, 0.717) is 28.9 Å². The van der Waals surface area contributed by atoms with Crippen molar-refractivity contribution in [1.29, 1.82) is 5.26 Å². The van der Waals surface area contributed by atoms with E-state index < -0.39 is 4.92 Å². The maximum atomic E-state index is 10.8. The van der Waals surface area contributed by atoms with Crippen LogP contribution in [0.25, 0.3) is 10.9 Å². The third-order valence-corrected chi connectivity index (χ3v) is 2.93. The lowest BCUT2D eigenvalue weighted by molar-refractivity contribution is -0.384. The predicted octanol–water partition coefficient (Wildman–Crippen LogP) is 2.46. The molecule has 0 aliphatic carbocycles. The summed E-state index contributed by atoms with van der Waals surface area (Å²) in [7, 11) is 1.60. The number of pyridine rings is 1. The number of non-ortho nitro benzene ring substituents is 1. The quantitative estimate of drug-likeness (QED) is 0.669. The first-order valence-corrected chi connectivity index (χ1v) is 6.30. The van der Waals surface area contributed by atoms with Crippen LogP contribution in [0.4, 0.5) is 11.5 Å². The van der Waals surface area contributed by atoms with E-state index in [2.05, 4.69) is 10.3 Å². The van der Waals surface area contributed by atoms with Gasteiger partial charge >= 0.3 is 0 Å². The molecule has 0 unspecified atom stereocenters. The van der Waals surface area contributed by atoms with Gasteiger partial charge in [0.2, 0.25) is 0 Å². The normalized spacial score (nSPS) is 11.9. The highest BCUT2D eigenvalue weighted by Gasteiger charge is 2.12. The van der Waals surface area contributed by atoms with Gasteiger partial charge in [0.25, 0.3) is 5.69 Å². The molecule has 0 spiro atoms. The molecule has 7 heteroatoms. The first-order valence-electron chi connectivity index (χ1n) is 6.30. The molecular weight excluding hydrogens is 272 g/mol. The fourth-order valence-corrected chi connectivity index (χ4v) is 2.04. The van der Waals surface area contributed by atoms with Crippen molar-refractivity contribution in [2.75, 3.05) is 19.0 Å². The average Bonchev–Trinajstić information content (AvgIpc) is 2.45. The highest BCUT2D eigenvalue weighted by molar-refractivity contribution is 5.88. The third kappa shape index (κ3) is 3.24. The Morgan fingerprint density at radius 1 is 1.52 bits per heavy atom. The first-order chi connectivity index (χ1) is 10.0. The monoisotopic (exact) mass is 286 g/mol. The number of nitrogens with zero attached hydrogens (tertiary/aromatic N) is 3. The fourth-order valence-electron chi connectivity index (χ4n) is 2.04. The summed E-state index contributed by atoms with van der Waals surface area (Å²) in [6, 6.07) is 7.94. The van der Waals surface area contributed by atoms with Crippen LogP contribution in [0, 0.1) is 21.4 Å². The van der Waals surface area contributed by atoms with Crippen LogP contribution in [-0.2, 0) is 4.74 Å². The number of anilines is 1. The Morgan fingerprint density at radius 3 is 2.90 bits per heavy atom. The van der Waals surface area contributed by atoms with Crippen molar-refractivity contribution >= 4 is 22.4 Å². The van der Waals surface area contributed by atoms with Crippen LogP contribution >= 0.6 is 0 Å². The summed E-state index contributed by atoms with van der Waals surface area (Å²) in [5.41, 5.74) is 0.817. The molecule has 0 saturated carbocycles. The van der Waals surface area contributed by atoms with Gasteiger partial charge in [-0.05, 0) is 19.1 Å². The highest BCUT2D eigenvalue weighted by atomic mass is 16.6. The zero-order valence-corrected chi connectivity index (χ0v) is 11.7. The standard InChI is InChI=1S/C14H14N4O3/c1-9(8-21-2)16-14-5-10(7-15)12-6-11(18(19)20)3-4-13(12)17-14/h3-6,9H,8H2,1-2H3,(H,16,17)/t9-/m1/s1. The Kier molecular flexibility index (Phi) is 4.30. The van der Waals surface area contributed by atoms with Gasteiger partial charge in [0.05, 0.1) is 28.7 Å². The number of benzene rings is 1. The summed E-state index contributed by atoms with van der Waals surface area (Å²) in [6.45, 7) is 2.43. The first kappa shape index (κ1) is 14.7. The number of nitriles is 1. The molecular formula is C14H14N4O3. The molecule has 2 aromatic rings. The second kappa shape index (κ2) is 6.15. The molecule has 0 aliphatic heterocycles. The number of methoxy groups -OCH3 is 1. The molecule has 1 atom stereocenters. The molecule has 21 heavy (non-hydrogen) atoms. The Balaban J connectivity index is 2.47. The SMILES string of the molecule is COC[C@@H](C)Nc1cc(C#N)c2cc([N+](=O)[O-])ccc2n1. The Labute approximate surface area is 121 Å². The molecule has 0 bridgehead atoms. The number of fused-ring (bicyclic) bond motifs is 1. The van der Waals surface area contributed by atoms with Gasteiger partial charge in [-0.25, -0.2) is 4.98 Å². The zero-order chi connectivity index (χ0) is 15.4. The molecule has 0 amide bonds. The van der Waals surface area contributed by atoms with E-state index in [1.54, 1.807) is 19.2 Å². The Bertz CT molecular complexity index is 724. The van der Waals surface area contributed by atoms with Crippen molar-refractivity contribution in [2.45, 2.75) is 13.0 Å². The van der Waals surface area contributed by atoms with E-state index in [9.17, 15) is 15.4 Å². The number of nitro groups is 1. The molecule has 0 aliphatic rings. The lowest BCUT2D eigenvalue weighted by Gasteiger charge is -2.14. The minimum atomic E-state index is -0.493. The van der Waals surface area contributed by atoms with Crippen molar-refractivity contribution in [3.8, 4) is 6.07 Å². The predicted molar refractivity (Wildman–Crippen MR) is 78.1 cm³/mol. The molecule has 2 rings (SSSR count). The lowest BCUT2D eigenvalue weighted by Crippen LogP contribution is -2.21. The Hall–Kier alpha value is -2.72. The van der Waals surface area contributed by atoms with Gasteiger partial charge < -0.3 is 10.1 Å². The van der Waals surface area contributed by atoms with Crippen molar-refractivity contribution in [1.82, 2.24) is 4.98 Å². The summed E-state index contributed by atoms with van der Waals surface area (Å²) < 4.78 is 5.03. The molecule has 1 aromatic carbocycles. The van der Waals surface area contributed by atoms with E-state index >= 15 is 0 Å². The number of aromatic nitrogens is 1. The van der Waals surface area contributed by atoms with Crippen LogP contribution in [0.15, 0.2) is 24.3 Å². The van der Waals surface area contributed by atoms with Gasteiger partial charge in [-0.15, -0.1) is 0 Å². The maximum Gasteiger partial charge on any atom is 0.270 e. The van der Waals surface area contributed by atoms with Crippen LogP contribution in [0.1, 0.15) is 12.5 Å².